The standard InChI is InChI=1S/C12H13ClN2O/c1-15-7-6-11(14-15)8-12(16)9-2-4-10(13)5-3-9/h2-7,12,16H,8H2,1H3. The number of hydrogen-bond acceptors (Lipinski definition) is 2. The van der Waals surface area contributed by atoms with E-state index in [1.807, 2.05) is 31.4 Å². The Balaban J connectivity index is 2.08. The number of rotatable bonds is 3. The molecule has 1 aromatic carbocycles. The van der Waals surface area contributed by atoms with Gasteiger partial charge in [-0.05, 0) is 23.8 Å². The van der Waals surface area contributed by atoms with Crippen LogP contribution in [-0.4, -0.2) is 14.9 Å². The van der Waals surface area contributed by atoms with Crippen LogP contribution in [0.5, 0.6) is 0 Å². The summed E-state index contributed by atoms with van der Waals surface area (Å²) in [6.07, 6.45) is 1.85. The Morgan fingerprint density at radius 3 is 2.56 bits per heavy atom. The van der Waals surface area contributed by atoms with Crippen molar-refractivity contribution >= 4 is 11.6 Å². The highest BCUT2D eigenvalue weighted by molar-refractivity contribution is 6.30. The number of benzene rings is 1. The van der Waals surface area contributed by atoms with Crippen LogP contribution < -0.4 is 0 Å². The number of aryl methyl sites for hydroxylation is 1. The van der Waals surface area contributed by atoms with Gasteiger partial charge in [-0.1, -0.05) is 23.7 Å². The maximum atomic E-state index is 9.98. The third-order valence-corrected chi connectivity index (χ3v) is 2.68. The van der Waals surface area contributed by atoms with Crippen LogP contribution in [0.3, 0.4) is 0 Å². The molecule has 16 heavy (non-hydrogen) atoms. The summed E-state index contributed by atoms with van der Waals surface area (Å²) in [4.78, 5) is 0. The molecule has 1 heterocycles. The fourth-order valence-electron chi connectivity index (χ4n) is 1.57. The van der Waals surface area contributed by atoms with Crippen molar-refractivity contribution in [3.8, 4) is 0 Å². The fourth-order valence-corrected chi connectivity index (χ4v) is 1.70. The van der Waals surface area contributed by atoms with Crippen LogP contribution in [0.1, 0.15) is 17.4 Å². The van der Waals surface area contributed by atoms with E-state index >= 15 is 0 Å². The minimum absolute atomic E-state index is 0.516. The summed E-state index contributed by atoms with van der Waals surface area (Å²) in [5.74, 6) is 0. The highest BCUT2D eigenvalue weighted by atomic mass is 35.5. The van der Waals surface area contributed by atoms with E-state index in [1.165, 1.54) is 0 Å². The highest BCUT2D eigenvalue weighted by Crippen LogP contribution is 2.19. The van der Waals surface area contributed by atoms with Gasteiger partial charge >= 0.3 is 0 Å². The molecular weight excluding hydrogens is 224 g/mol. The average molecular weight is 237 g/mol. The number of halogens is 1. The van der Waals surface area contributed by atoms with Crippen molar-refractivity contribution < 1.29 is 5.11 Å². The van der Waals surface area contributed by atoms with Gasteiger partial charge in [0.2, 0.25) is 0 Å². The van der Waals surface area contributed by atoms with Crippen molar-refractivity contribution in [2.45, 2.75) is 12.5 Å². The van der Waals surface area contributed by atoms with Gasteiger partial charge in [0.1, 0.15) is 0 Å². The van der Waals surface area contributed by atoms with Gasteiger partial charge < -0.3 is 5.11 Å². The molecule has 0 saturated carbocycles. The molecule has 0 bridgehead atoms. The quantitative estimate of drug-likeness (QED) is 0.889. The Labute approximate surface area is 99.3 Å². The van der Waals surface area contributed by atoms with Gasteiger partial charge in [-0.25, -0.2) is 0 Å². The lowest BCUT2D eigenvalue weighted by molar-refractivity contribution is 0.177. The Kier molecular flexibility index (Phi) is 3.27. The summed E-state index contributed by atoms with van der Waals surface area (Å²) in [5.41, 5.74) is 1.74. The van der Waals surface area contributed by atoms with Crippen LogP contribution >= 0.6 is 11.6 Å². The average Bonchev–Trinajstić information content (AvgIpc) is 2.65. The maximum absolute atomic E-state index is 9.98. The minimum atomic E-state index is -0.535. The lowest BCUT2D eigenvalue weighted by Crippen LogP contribution is -2.02. The first-order chi connectivity index (χ1) is 7.65. The van der Waals surface area contributed by atoms with Gasteiger partial charge in [0.05, 0.1) is 11.8 Å². The largest absolute Gasteiger partial charge is 0.388 e. The summed E-state index contributed by atoms with van der Waals surface area (Å²) < 4.78 is 1.73. The number of nitrogens with zero attached hydrogens (tertiary/aromatic N) is 2. The van der Waals surface area contributed by atoms with Gasteiger partial charge in [0, 0.05) is 24.7 Å². The Bertz CT molecular complexity index is 464. The van der Waals surface area contributed by atoms with E-state index in [4.69, 9.17) is 11.6 Å². The minimum Gasteiger partial charge on any atom is -0.388 e. The molecule has 0 radical (unpaired) electrons. The molecule has 0 saturated heterocycles. The second-order valence-electron chi connectivity index (χ2n) is 3.75. The van der Waals surface area contributed by atoms with Crippen LogP contribution in [0, 0.1) is 0 Å². The van der Waals surface area contributed by atoms with Crippen LogP contribution in [0.2, 0.25) is 5.02 Å². The second-order valence-corrected chi connectivity index (χ2v) is 4.19. The molecule has 0 aliphatic rings. The first-order valence-corrected chi connectivity index (χ1v) is 5.45. The fraction of sp³-hybridized carbons (Fsp3) is 0.250. The van der Waals surface area contributed by atoms with Gasteiger partial charge in [-0.3, -0.25) is 4.68 Å². The van der Waals surface area contributed by atoms with Crippen molar-refractivity contribution in [2.75, 3.05) is 0 Å². The van der Waals surface area contributed by atoms with Crippen LogP contribution in [0.4, 0.5) is 0 Å². The van der Waals surface area contributed by atoms with Crippen molar-refractivity contribution in [1.82, 2.24) is 9.78 Å². The smallest absolute Gasteiger partial charge is 0.0846 e. The van der Waals surface area contributed by atoms with E-state index in [0.29, 0.717) is 11.4 Å². The van der Waals surface area contributed by atoms with E-state index in [9.17, 15) is 5.11 Å². The zero-order valence-electron chi connectivity index (χ0n) is 8.97. The summed E-state index contributed by atoms with van der Waals surface area (Å²) in [6.45, 7) is 0. The summed E-state index contributed by atoms with van der Waals surface area (Å²) in [6, 6.07) is 9.11. The van der Waals surface area contributed by atoms with E-state index in [2.05, 4.69) is 5.10 Å². The second kappa shape index (κ2) is 4.68. The van der Waals surface area contributed by atoms with Crippen molar-refractivity contribution in [2.24, 2.45) is 7.05 Å². The molecule has 4 heteroatoms. The molecule has 2 aromatic rings. The van der Waals surface area contributed by atoms with Gasteiger partial charge in [-0.2, -0.15) is 5.10 Å². The predicted octanol–water partition coefficient (Wildman–Crippen LogP) is 2.35. The Morgan fingerprint density at radius 2 is 2.00 bits per heavy atom. The highest BCUT2D eigenvalue weighted by Gasteiger charge is 2.09. The van der Waals surface area contributed by atoms with E-state index in [0.717, 1.165) is 11.3 Å². The zero-order chi connectivity index (χ0) is 11.5. The predicted molar refractivity (Wildman–Crippen MR) is 63.3 cm³/mol. The molecule has 0 fully saturated rings. The third-order valence-electron chi connectivity index (χ3n) is 2.43. The van der Waals surface area contributed by atoms with Crippen LogP contribution in [0.15, 0.2) is 36.5 Å². The first-order valence-electron chi connectivity index (χ1n) is 5.07. The molecule has 0 aliphatic carbocycles. The monoisotopic (exact) mass is 236 g/mol. The number of hydrogen-bond donors (Lipinski definition) is 1. The third kappa shape index (κ3) is 2.62. The van der Waals surface area contributed by atoms with E-state index in [-0.39, 0.29) is 0 Å². The Morgan fingerprint density at radius 1 is 1.31 bits per heavy atom. The summed E-state index contributed by atoms with van der Waals surface area (Å²) >= 11 is 5.78. The van der Waals surface area contributed by atoms with Crippen LogP contribution in [-0.2, 0) is 13.5 Å². The molecule has 1 unspecified atom stereocenters. The maximum Gasteiger partial charge on any atom is 0.0846 e. The Hall–Kier alpha value is -1.32. The molecule has 0 spiro atoms. The summed E-state index contributed by atoms with van der Waals surface area (Å²) in [5, 5.41) is 14.9. The molecule has 1 aromatic heterocycles. The molecular formula is C12H13ClN2O. The summed E-state index contributed by atoms with van der Waals surface area (Å²) in [7, 11) is 1.86. The molecule has 3 nitrogen and oxygen atoms in total. The topological polar surface area (TPSA) is 38.0 Å². The number of aromatic nitrogens is 2. The molecule has 1 N–H and O–H groups in total. The molecule has 0 amide bonds. The van der Waals surface area contributed by atoms with Crippen LogP contribution in [0.25, 0.3) is 0 Å². The molecule has 84 valence electrons. The number of aliphatic hydroxyl groups excluding tert-OH is 1. The van der Waals surface area contributed by atoms with Crippen molar-refractivity contribution in [3.63, 3.8) is 0 Å². The first kappa shape index (κ1) is 11.2. The van der Waals surface area contributed by atoms with Gasteiger partial charge in [0.25, 0.3) is 0 Å². The van der Waals surface area contributed by atoms with E-state index < -0.39 is 6.10 Å². The van der Waals surface area contributed by atoms with E-state index in [1.54, 1.807) is 16.8 Å². The lowest BCUT2D eigenvalue weighted by Gasteiger charge is -2.09. The van der Waals surface area contributed by atoms with Crippen molar-refractivity contribution in [1.29, 1.82) is 0 Å². The number of aliphatic hydroxyl groups is 1. The molecule has 1 atom stereocenters. The van der Waals surface area contributed by atoms with Gasteiger partial charge in [0.15, 0.2) is 0 Å². The van der Waals surface area contributed by atoms with Gasteiger partial charge in [-0.15, -0.1) is 0 Å². The molecule has 2 rings (SSSR count). The normalized spacial score (nSPS) is 12.7. The molecule has 0 aliphatic heterocycles. The lowest BCUT2D eigenvalue weighted by atomic mass is 10.1. The SMILES string of the molecule is Cn1ccc(CC(O)c2ccc(Cl)cc2)n1. The van der Waals surface area contributed by atoms with Crippen molar-refractivity contribution in [3.05, 3.63) is 52.8 Å². The zero-order valence-corrected chi connectivity index (χ0v) is 9.72.